The van der Waals surface area contributed by atoms with Crippen molar-refractivity contribution in [3.63, 3.8) is 0 Å². The summed E-state index contributed by atoms with van der Waals surface area (Å²) in [6.07, 6.45) is 5.79. The predicted octanol–water partition coefficient (Wildman–Crippen LogP) is 6.26. The van der Waals surface area contributed by atoms with Gasteiger partial charge in [0.15, 0.2) is 6.10 Å². The molecule has 0 fully saturated rings. The van der Waals surface area contributed by atoms with Crippen molar-refractivity contribution in [2.75, 3.05) is 20.3 Å². The van der Waals surface area contributed by atoms with Crippen molar-refractivity contribution in [1.29, 1.82) is 0 Å². The van der Waals surface area contributed by atoms with E-state index in [1.165, 1.54) is 40.5 Å². The molecule has 188 valence electrons. The third kappa shape index (κ3) is 6.23. The molecule has 0 amide bonds. The average Bonchev–Trinajstić information content (AvgIpc) is 3.02. The number of hydrogen-bond acceptors (Lipinski definition) is 4. The van der Waals surface area contributed by atoms with Crippen molar-refractivity contribution in [3.8, 4) is 5.75 Å². The van der Waals surface area contributed by atoms with Gasteiger partial charge in [-0.1, -0.05) is 79.6 Å². The van der Waals surface area contributed by atoms with Gasteiger partial charge in [0.1, 0.15) is 18.5 Å². The molecule has 36 heavy (non-hydrogen) atoms. The number of hydrogen-bond donors (Lipinski definition) is 1. The Balaban J connectivity index is 1.44. The summed E-state index contributed by atoms with van der Waals surface area (Å²) in [5.41, 5.74) is 8.15. The minimum atomic E-state index is -0.969. The summed E-state index contributed by atoms with van der Waals surface area (Å²) in [5.74, 6) is -0.250. The largest absolute Gasteiger partial charge is 0.491 e. The number of carboxylic acid groups (broad SMARTS) is 1. The van der Waals surface area contributed by atoms with Gasteiger partial charge in [0.2, 0.25) is 0 Å². The van der Waals surface area contributed by atoms with Gasteiger partial charge in [-0.15, -0.1) is 0 Å². The first-order valence-corrected chi connectivity index (χ1v) is 12.5. The van der Waals surface area contributed by atoms with E-state index < -0.39 is 12.1 Å². The van der Waals surface area contributed by atoms with Crippen molar-refractivity contribution in [3.05, 3.63) is 99.6 Å². The zero-order valence-corrected chi connectivity index (χ0v) is 21.2. The lowest BCUT2D eigenvalue weighted by atomic mass is 9.93. The number of ether oxygens (including phenoxy) is 3. The Bertz CT molecular complexity index is 1210. The van der Waals surface area contributed by atoms with Crippen LogP contribution in [0.2, 0.25) is 0 Å². The normalized spacial score (nSPS) is 15.0. The molecule has 3 aromatic rings. The summed E-state index contributed by atoms with van der Waals surface area (Å²) in [4.78, 5) is 11.2. The molecule has 0 aliphatic heterocycles. The molecule has 0 heterocycles. The topological polar surface area (TPSA) is 65.0 Å². The van der Waals surface area contributed by atoms with Crippen LogP contribution in [0.5, 0.6) is 5.75 Å². The lowest BCUT2D eigenvalue weighted by molar-refractivity contribution is -0.148. The molecule has 0 saturated carbocycles. The van der Waals surface area contributed by atoms with Crippen LogP contribution in [0.15, 0.2) is 60.7 Å². The van der Waals surface area contributed by atoms with E-state index in [1.54, 1.807) is 0 Å². The first-order chi connectivity index (χ1) is 17.5. The number of aliphatic carboxylic acids is 1. The van der Waals surface area contributed by atoms with E-state index >= 15 is 0 Å². The van der Waals surface area contributed by atoms with Gasteiger partial charge in [-0.3, -0.25) is 0 Å². The highest BCUT2D eigenvalue weighted by atomic mass is 16.5. The van der Waals surface area contributed by atoms with Crippen molar-refractivity contribution >= 4 is 18.1 Å². The summed E-state index contributed by atoms with van der Waals surface area (Å²) in [7, 11) is 1.41. The molecule has 0 aromatic heterocycles. The maximum atomic E-state index is 11.2. The average molecular weight is 487 g/mol. The van der Waals surface area contributed by atoms with Crippen molar-refractivity contribution < 1.29 is 24.1 Å². The van der Waals surface area contributed by atoms with E-state index in [1.807, 2.05) is 24.3 Å². The highest BCUT2D eigenvalue weighted by Crippen LogP contribution is 2.36. The molecule has 0 spiro atoms. The molecule has 4 rings (SSSR count). The lowest BCUT2D eigenvalue weighted by Crippen LogP contribution is -2.24. The SMILES string of the molecule is CCCc1ccc2c(c1)C(OCCOc1ccc(CC(OC)C(=O)O)cc1)c1ccc(C)cc1C=C2. The summed E-state index contributed by atoms with van der Waals surface area (Å²) in [5, 5.41) is 9.17. The minimum Gasteiger partial charge on any atom is -0.491 e. The number of methoxy groups -OCH3 is 1. The van der Waals surface area contributed by atoms with Crippen LogP contribution in [-0.4, -0.2) is 37.5 Å². The van der Waals surface area contributed by atoms with Gasteiger partial charge >= 0.3 is 5.97 Å². The van der Waals surface area contributed by atoms with Crippen LogP contribution in [0, 0.1) is 6.92 Å². The van der Waals surface area contributed by atoms with Gasteiger partial charge in [-0.25, -0.2) is 4.79 Å². The lowest BCUT2D eigenvalue weighted by Gasteiger charge is -2.22. The summed E-state index contributed by atoms with van der Waals surface area (Å²) in [6.45, 7) is 5.15. The van der Waals surface area contributed by atoms with Gasteiger partial charge in [-0.2, -0.15) is 0 Å². The number of carboxylic acids is 1. The minimum absolute atomic E-state index is 0.171. The fraction of sp³-hybridized carbons (Fsp3) is 0.323. The highest BCUT2D eigenvalue weighted by molar-refractivity contribution is 5.76. The second-order valence-corrected chi connectivity index (χ2v) is 9.19. The molecule has 2 atom stereocenters. The molecule has 5 nitrogen and oxygen atoms in total. The molecule has 0 saturated heterocycles. The molecule has 1 aliphatic carbocycles. The Kier molecular flexibility index (Phi) is 8.57. The van der Waals surface area contributed by atoms with E-state index in [0.29, 0.717) is 19.6 Å². The Hall–Kier alpha value is -3.41. The third-order valence-corrected chi connectivity index (χ3v) is 6.48. The number of rotatable bonds is 11. The van der Waals surface area contributed by atoms with E-state index in [9.17, 15) is 4.79 Å². The molecule has 3 aromatic carbocycles. The van der Waals surface area contributed by atoms with Crippen LogP contribution >= 0.6 is 0 Å². The Morgan fingerprint density at radius 1 is 0.917 bits per heavy atom. The highest BCUT2D eigenvalue weighted by Gasteiger charge is 2.23. The number of aryl methyl sites for hydroxylation is 2. The molecule has 1 aliphatic rings. The maximum Gasteiger partial charge on any atom is 0.333 e. The molecule has 0 radical (unpaired) electrons. The predicted molar refractivity (Wildman–Crippen MR) is 142 cm³/mol. The summed E-state index contributed by atoms with van der Waals surface area (Å²) < 4.78 is 17.4. The van der Waals surface area contributed by atoms with Gasteiger partial charge in [0.25, 0.3) is 0 Å². The fourth-order valence-electron chi connectivity index (χ4n) is 4.58. The second kappa shape index (κ2) is 12.0. The number of fused-ring (bicyclic) bond motifs is 2. The molecule has 2 unspecified atom stereocenters. The first kappa shape index (κ1) is 25.7. The van der Waals surface area contributed by atoms with E-state index in [0.717, 1.165) is 24.2 Å². The van der Waals surface area contributed by atoms with Crippen LogP contribution in [0.3, 0.4) is 0 Å². The van der Waals surface area contributed by atoms with Gasteiger partial charge in [0.05, 0.1) is 6.61 Å². The standard InChI is InChI=1S/C31H34O5/c1-4-5-22-7-10-24-11-12-25-18-21(2)6-15-27(25)30(28(24)19-22)36-17-16-35-26-13-8-23(9-14-26)20-29(34-3)31(32)33/h6-15,18-19,29-30H,4-5,16-17,20H2,1-3H3,(H,32,33). The first-order valence-electron chi connectivity index (χ1n) is 12.5. The zero-order valence-electron chi connectivity index (χ0n) is 21.2. The van der Waals surface area contributed by atoms with Gasteiger partial charge in [-0.05, 0) is 58.9 Å². The van der Waals surface area contributed by atoms with Crippen molar-refractivity contribution in [2.24, 2.45) is 0 Å². The van der Waals surface area contributed by atoms with Crippen LogP contribution in [0.1, 0.15) is 58.4 Å². The summed E-state index contributed by atoms with van der Waals surface area (Å²) >= 11 is 0. The monoisotopic (exact) mass is 486 g/mol. The Labute approximate surface area is 213 Å². The fourth-order valence-corrected chi connectivity index (χ4v) is 4.58. The smallest absolute Gasteiger partial charge is 0.333 e. The van der Waals surface area contributed by atoms with Crippen LogP contribution in [-0.2, 0) is 27.1 Å². The van der Waals surface area contributed by atoms with Crippen molar-refractivity contribution in [1.82, 2.24) is 0 Å². The molecule has 0 bridgehead atoms. The molecule has 1 N–H and O–H groups in total. The van der Waals surface area contributed by atoms with Crippen LogP contribution < -0.4 is 4.74 Å². The molecular formula is C31H34O5. The van der Waals surface area contributed by atoms with Crippen LogP contribution in [0.4, 0.5) is 0 Å². The van der Waals surface area contributed by atoms with Gasteiger partial charge < -0.3 is 19.3 Å². The molecular weight excluding hydrogens is 452 g/mol. The van der Waals surface area contributed by atoms with E-state index in [-0.39, 0.29) is 6.10 Å². The Morgan fingerprint density at radius 3 is 2.39 bits per heavy atom. The molecule has 5 heteroatoms. The van der Waals surface area contributed by atoms with E-state index in [2.05, 4.69) is 62.4 Å². The quantitative estimate of drug-likeness (QED) is 0.324. The maximum absolute atomic E-state index is 11.2. The zero-order chi connectivity index (χ0) is 25.5. The summed E-state index contributed by atoms with van der Waals surface area (Å²) in [6, 6.07) is 20.6. The Morgan fingerprint density at radius 2 is 1.67 bits per heavy atom. The third-order valence-electron chi connectivity index (χ3n) is 6.48. The number of benzene rings is 3. The number of carbonyl (C=O) groups is 1. The van der Waals surface area contributed by atoms with E-state index in [4.69, 9.17) is 19.3 Å². The van der Waals surface area contributed by atoms with Crippen LogP contribution in [0.25, 0.3) is 12.2 Å². The second-order valence-electron chi connectivity index (χ2n) is 9.19. The van der Waals surface area contributed by atoms with Gasteiger partial charge in [0, 0.05) is 13.5 Å². The van der Waals surface area contributed by atoms with Crippen molar-refractivity contribution in [2.45, 2.75) is 45.3 Å².